The second-order valence-electron chi connectivity index (χ2n) is 11.0. The lowest BCUT2D eigenvalue weighted by Crippen LogP contribution is -2.39. The number of ether oxygens (including phenoxy) is 1. The third-order valence-electron chi connectivity index (χ3n) is 7.67. The second kappa shape index (κ2) is 17.8. The normalized spacial score (nSPS) is 14.7. The Hall–Kier alpha value is -4.00. The van der Waals surface area contributed by atoms with E-state index in [9.17, 15) is 4.39 Å². The highest BCUT2D eigenvalue weighted by Crippen LogP contribution is 2.27. The first-order chi connectivity index (χ1) is 21.1. The molecule has 1 atom stereocenters. The maximum absolute atomic E-state index is 13.5. The maximum Gasteiger partial charge on any atom is 0.204 e. The molecule has 2 heterocycles. The first-order valence-electron chi connectivity index (χ1n) is 15.3. The van der Waals surface area contributed by atoms with Crippen molar-refractivity contribution in [2.45, 2.75) is 44.6 Å². The molecule has 1 aliphatic rings. The van der Waals surface area contributed by atoms with Crippen LogP contribution in [0.3, 0.4) is 0 Å². The number of piperidine rings is 1. The molecule has 1 aromatic heterocycles. The molecule has 0 radical (unpaired) electrons. The van der Waals surface area contributed by atoms with E-state index in [4.69, 9.17) is 10.00 Å². The van der Waals surface area contributed by atoms with E-state index < -0.39 is 0 Å². The van der Waals surface area contributed by atoms with E-state index in [0.717, 1.165) is 49.5 Å². The van der Waals surface area contributed by atoms with Crippen molar-refractivity contribution in [2.24, 2.45) is 4.99 Å². The molecule has 1 fully saturated rings. The smallest absolute Gasteiger partial charge is 0.204 e. The Balaban J connectivity index is 1.17. The third-order valence-corrected chi connectivity index (χ3v) is 7.67. The van der Waals surface area contributed by atoms with Crippen molar-refractivity contribution in [3.05, 3.63) is 95.6 Å². The number of hydrogen-bond acceptors (Lipinski definition) is 6. The zero-order valence-electron chi connectivity index (χ0n) is 25.2. The van der Waals surface area contributed by atoms with Gasteiger partial charge in [-0.1, -0.05) is 36.8 Å². The minimum atomic E-state index is -0.240. The molecule has 3 aromatic rings. The summed E-state index contributed by atoms with van der Waals surface area (Å²) in [4.78, 5) is 13.8. The summed E-state index contributed by atoms with van der Waals surface area (Å²) in [5.74, 6) is 1.20. The van der Waals surface area contributed by atoms with Gasteiger partial charge in [0, 0.05) is 50.4 Å². The van der Waals surface area contributed by atoms with Crippen LogP contribution in [0.1, 0.15) is 54.8 Å². The quantitative estimate of drug-likeness (QED) is 0.0839. The van der Waals surface area contributed by atoms with Crippen molar-refractivity contribution in [1.29, 1.82) is 5.26 Å². The van der Waals surface area contributed by atoms with Crippen molar-refractivity contribution in [2.75, 3.05) is 52.9 Å². The van der Waals surface area contributed by atoms with E-state index in [1.165, 1.54) is 50.0 Å². The van der Waals surface area contributed by atoms with Crippen molar-refractivity contribution >= 4 is 5.96 Å². The molecule has 2 aromatic carbocycles. The molecule has 0 amide bonds. The van der Waals surface area contributed by atoms with Gasteiger partial charge in [0.15, 0.2) is 6.19 Å². The number of nitrogens with one attached hydrogen (secondary N) is 2. The molecule has 0 spiro atoms. The highest BCUT2D eigenvalue weighted by molar-refractivity contribution is 5.81. The van der Waals surface area contributed by atoms with Crippen LogP contribution in [0.15, 0.2) is 77.9 Å². The van der Waals surface area contributed by atoms with E-state index in [2.05, 4.69) is 55.7 Å². The Morgan fingerprint density at radius 2 is 1.93 bits per heavy atom. The minimum Gasteiger partial charge on any atom is -0.494 e. The number of nitrogens with zero attached hydrogens (tertiary/aromatic N) is 5. The highest BCUT2D eigenvalue weighted by atomic mass is 19.1. The fraction of sp³-hybridized carbons (Fsp3) is 0.441. The van der Waals surface area contributed by atoms with Crippen molar-refractivity contribution in [3.63, 3.8) is 0 Å². The van der Waals surface area contributed by atoms with Crippen LogP contribution in [0.4, 0.5) is 4.39 Å². The van der Waals surface area contributed by atoms with Crippen LogP contribution in [0.5, 0.6) is 5.75 Å². The number of benzene rings is 2. The van der Waals surface area contributed by atoms with Gasteiger partial charge in [0.05, 0.1) is 6.61 Å². The first-order valence-corrected chi connectivity index (χ1v) is 15.3. The van der Waals surface area contributed by atoms with Gasteiger partial charge in [0.25, 0.3) is 0 Å². The van der Waals surface area contributed by atoms with Gasteiger partial charge in [-0.25, -0.2) is 4.39 Å². The molecule has 4 rings (SSSR count). The van der Waals surface area contributed by atoms with Crippen LogP contribution >= 0.6 is 0 Å². The Kier molecular flexibility index (Phi) is 13.2. The van der Waals surface area contributed by atoms with Crippen molar-refractivity contribution in [3.8, 4) is 11.9 Å². The summed E-state index contributed by atoms with van der Waals surface area (Å²) < 4.78 is 19.5. The maximum atomic E-state index is 13.5. The summed E-state index contributed by atoms with van der Waals surface area (Å²) in [6.07, 6.45) is 9.27. The molecule has 1 saturated heterocycles. The Morgan fingerprint density at radius 3 is 2.70 bits per heavy atom. The van der Waals surface area contributed by atoms with Crippen LogP contribution < -0.4 is 15.4 Å². The molecular weight excluding hydrogens is 541 g/mol. The van der Waals surface area contributed by atoms with E-state index >= 15 is 0 Å². The molecule has 0 aliphatic carbocycles. The largest absolute Gasteiger partial charge is 0.494 e. The van der Waals surface area contributed by atoms with Gasteiger partial charge in [-0.3, -0.25) is 20.2 Å². The standard InChI is InChI=1S/C34H44FN7O/c1-41(22-16-32(33-11-3-4-17-37-33)29-12-14-30(35)15-13-29)23-19-39-34(40-27-36)38-18-8-24-43-31-10-7-9-28(25-31)26-42-20-5-2-6-21-42/h3-4,7,9-15,17,25,32H,2,5-6,8,16,18-24,26H2,1H3,(H2,38,39,40). The monoisotopic (exact) mass is 585 g/mol. The van der Waals surface area contributed by atoms with Gasteiger partial charge in [-0.2, -0.15) is 5.26 Å². The zero-order valence-corrected chi connectivity index (χ0v) is 25.2. The minimum absolute atomic E-state index is 0.0777. The lowest BCUT2D eigenvalue weighted by atomic mass is 9.92. The van der Waals surface area contributed by atoms with Crippen LogP contribution in [-0.4, -0.2) is 73.7 Å². The van der Waals surface area contributed by atoms with Gasteiger partial charge in [0.2, 0.25) is 5.96 Å². The summed E-state index contributed by atoms with van der Waals surface area (Å²) >= 11 is 0. The molecule has 2 N–H and O–H groups in total. The lowest BCUT2D eigenvalue weighted by molar-refractivity contribution is 0.220. The number of likely N-dealkylation sites (tertiary alicyclic amines) is 1. The number of nitriles is 1. The number of aliphatic imine (C=N–C) groups is 1. The number of likely N-dealkylation sites (N-methyl/N-ethyl adjacent to an activating group) is 1. The second-order valence-corrected chi connectivity index (χ2v) is 11.0. The van der Waals surface area contributed by atoms with E-state index in [-0.39, 0.29) is 11.7 Å². The zero-order chi connectivity index (χ0) is 30.1. The van der Waals surface area contributed by atoms with Crippen LogP contribution in [-0.2, 0) is 6.54 Å². The Bertz CT molecular complexity index is 1290. The summed E-state index contributed by atoms with van der Waals surface area (Å²) in [6, 6.07) is 20.9. The third kappa shape index (κ3) is 11.3. The topological polar surface area (TPSA) is 88.8 Å². The summed E-state index contributed by atoms with van der Waals surface area (Å²) in [6.45, 7) is 6.66. The van der Waals surface area contributed by atoms with E-state index in [0.29, 0.717) is 25.7 Å². The Labute approximate surface area is 255 Å². The SMILES string of the molecule is CN(CCNC(=NCCCOc1cccc(CN2CCCCC2)c1)NC#N)CCC(c1ccc(F)cc1)c1ccccn1. The highest BCUT2D eigenvalue weighted by Gasteiger charge is 2.16. The van der Waals surface area contributed by atoms with Crippen molar-refractivity contribution in [1.82, 2.24) is 25.4 Å². The van der Waals surface area contributed by atoms with Gasteiger partial charge in [-0.05, 0) is 93.5 Å². The number of rotatable bonds is 15. The van der Waals surface area contributed by atoms with Crippen molar-refractivity contribution < 1.29 is 9.13 Å². The van der Waals surface area contributed by atoms with Crippen LogP contribution in [0, 0.1) is 17.3 Å². The number of guanidine groups is 1. The molecule has 0 bridgehead atoms. The summed E-state index contributed by atoms with van der Waals surface area (Å²) in [7, 11) is 2.06. The van der Waals surface area contributed by atoms with E-state index in [1.807, 2.05) is 42.6 Å². The molecule has 1 unspecified atom stereocenters. The van der Waals surface area contributed by atoms with Gasteiger partial charge in [-0.15, -0.1) is 0 Å². The summed E-state index contributed by atoms with van der Waals surface area (Å²) in [5.41, 5.74) is 3.31. The fourth-order valence-electron chi connectivity index (χ4n) is 5.34. The molecular formula is C34H44FN7O. The predicted octanol–water partition coefficient (Wildman–Crippen LogP) is 5.15. The van der Waals surface area contributed by atoms with Crippen LogP contribution in [0.25, 0.3) is 0 Å². The first kappa shape index (κ1) is 31.9. The molecule has 9 heteroatoms. The lowest BCUT2D eigenvalue weighted by Gasteiger charge is -2.26. The summed E-state index contributed by atoms with van der Waals surface area (Å²) in [5, 5.41) is 15.1. The average Bonchev–Trinajstić information content (AvgIpc) is 3.03. The van der Waals surface area contributed by atoms with E-state index in [1.54, 1.807) is 6.20 Å². The number of pyridine rings is 1. The average molecular weight is 586 g/mol. The van der Waals surface area contributed by atoms with Gasteiger partial charge >= 0.3 is 0 Å². The van der Waals surface area contributed by atoms with Gasteiger partial charge < -0.3 is 15.0 Å². The number of halogens is 1. The predicted molar refractivity (Wildman–Crippen MR) is 169 cm³/mol. The molecule has 0 saturated carbocycles. The number of aromatic nitrogens is 1. The molecule has 43 heavy (non-hydrogen) atoms. The molecule has 228 valence electrons. The fourth-order valence-corrected chi connectivity index (χ4v) is 5.34. The van der Waals surface area contributed by atoms with Gasteiger partial charge in [0.1, 0.15) is 11.6 Å². The molecule has 8 nitrogen and oxygen atoms in total. The number of hydrogen-bond donors (Lipinski definition) is 2. The van der Waals surface area contributed by atoms with Crippen LogP contribution in [0.2, 0.25) is 0 Å². The molecule has 1 aliphatic heterocycles. The Morgan fingerprint density at radius 1 is 1.09 bits per heavy atom.